The first-order valence-corrected chi connectivity index (χ1v) is 6.39. The molecular formula is C16H13N3O2. The predicted molar refractivity (Wildman–Crippen MR) is 80.7 cm³/mol. The molecule has 1 heterocycles. The Labute approximate surface area is 121 Å². The number of esters is 1. The average molecular weight is 279 g/mol. The van der Waals surface area contributed by atoms with Gasteiger partial charge < -0.3 is 10.5 Å². The third-order valence-corrected chi connectivity index (χ3v) is 3.25. The molecule has 0 aliphatic heterocycles. The maximum Gasteiger partial charge on any atom is 0.337 e. The minimum atomic E-state index is -0.356. The Kier molecular flexibility index (Phi) is 3.23. The highest BCUT2D eigenvalue weighted by Crippen LogP contribution is 2.28. The summed E-state index contributed by atoms with van der Waals surface area (Å²) in [4.78, 5) is 11.6. The first-order valence-electron chi connectivity index (χ1n) is 6.39. The number of nitrogens with two attached hydrogens (primary N) is 1. The molecule has 0 atom stereocenters. The van der Waals surface area contributed by atoms with Gasteiger partial charge in [0.1, 0.15) is 0 Å². The van der Waals surface area contributed by atoms with Gasteiger partial charge in [-0.1, -0.05) is 24.3 Å². The van der Waals surface area contributed by atoms with Gasteiger partial charge in [0, 0.05) is 5.56 Å². The molecule has 104 valence electrons. The number of anilines is 1. The van der Waals surface area contributed by atoms with Gasteiger partial charge in [-0.3, -0.25) is 0 Å². The minimum absolute atomic E-state index is 0.356. The van der Waals surface area contributed by atoms with Crippen LogP contribution >= 0.6 is 0 Å². The summed E-state index contributed by atoms with van der Waals surface area (Å²) in [6.45, 7) is 0. The standard InChI is InChI=1S/C16H13N3O2/c1-21-16(20)11-5-6-13-10(7-11)3-2-4-14(13)15-8-12(17)9-18-19-15/h2-9H,1H3,(H2,17,19). The van der Waals surface area contributed by atoms with E-state index in [1.54, 1.807) is 18.2 Å². The van der Waals surface area contributed by atoms with Crippen LogP contribution in [-0.2, 0) is 4.74 Å². The quantitative estimate of drug-likeness (QED) is 0.730. The Morgan fingerprint density at radius 1 is 1.19 bits per heavy atom. The summed E-state index contributed by atoms with van der Waals surface area (Å²) in [6, 6.07) is 13.0. The molecule has 0 saturated heterocycles. The van der Waals surface area contributed by atoms with Crippen molar-refractivity contribution < 1.29 is 9.53 Å². The SMILES string of the molecule is COC(=O)c1ccc2c(-c3cc(N)cnn3)cccc2c1. The molecule has 2 aromatic carbocycles. The smallest absolute Gasteiger partial charge is 0.337 e. The van der Waals surface area contributed by atoms with E-state index >= 15 is 0 Å². The van der Waals surface area contributed by atoms with E-state index in [9.17, 15) is 4.79 Å². The van der Waals surface area contributed by atoms with Gasteiger partial charge >= 0.3 is 5.97 Å². The number of ether oxygens (including phenoxy) is 1. The summed E-state index contributed by atoms with van der Waals surface area (Å²) in [5.74, 6) is -0.356. The van der Waals surface area contributed by atoms with Gasteiger partial charge in [0.2, 0.25) is 0 Å². The lowest BCUT2D eigenvalue weighted by molar-refractivity contribution is 0.0601. The molecule has 3 aromatic rings. The van der Waals surface area contributed by atoms with Crippen LogP contribution < -0.4 is 5.73 Å². The number of carbonyl (C=O) groups is 1. The van der Waals surface area contributed by atoms with Crippen LogP contribution in [0, 0.1) is 0 Å². The third kappa shape index (κ3) is 2.41. The molecule has 2 N–H and O–H groups in total. The lowest BCUT2D eigenvalue weighted by Gasteiger charge is -2.07. The van der Waals surface area contributed by atoms with Gasteiger partial charge in [0.25, 0.3) is 0 Å². The van der Waals surface area contributed by atoms with Crippen LogP contribution in [0.3, 0.4) is 0 Å². The maximum absolute atomic E-state index is 11.6. The fourth-order valence-corrected chi connectivity index (χ4v) is 2.27. The van der Waals surface area contributed by atoms with Gasteiger partial charge in [-0.2, -0.15) is 10.2 Å². The van der Waals surface area contributed by atoms with Crippen LogP contribution in [0.25, 0.3) is 22.0 Å². The highest BCUT2D eigenvalue weighted by molar-refractivity contribution is 6.00. The summed E-state index contributed by atoms with van der Waals surface area (Å²) in [7, 11) is 1.37. The van der Waals surface area contributed by atoms with Crippen molar-refractivity contribution in [3.05, 3.63) is 54.2 Å². The number of hydrogen-bond donors (Lipinski definition) is 1. The Morgan fingerprint density at radius 2 is 2.05 bits per heavy atom. The van der Waals surface area contributed by atoms with E-state index in [4.69, 9.17) is 10.5 Å². The summed E-state index contributed by atoms with van der Waals surface area (Å²) < 4.78 is 4.74. The Balaban J connectivity index is 2.19. The van der Waals surface area contributed by atoms with Crippen molar-refractivity contribution in [2.45, 2.75) is 0 Å². The highest BCUT2D eigenvalue weighted by atomic mass is 16.5. The Morgan fingerprint density at radius 3 is 2.81 bits per heavy atom. The second kappa shape index (κ2) is 5.20. The second-order valence-corrected chi connectivity index (χ2v) is 4.61. The van der Waals surface area contributed by atoms with Crippen LogP contribution in [0.1, 0.15) is 10.4 Å². The molecule has 0 amide bonds. The predicted octanol–water partition coefficient (Wildman–Crippen LogP) is 2.67. The molecule has 21 heavy (non-hydrogen) atoms. The lowest BCUT2D eigenvalue weighted by Crippen LogP contribution is -2.00. The number of aromatic nitrogens is 2. The highest BCUT2D eigenvalue weighted by Gasteiger charge is 2.10. The van der Waals surface area contributed by atoms with Crippen molar-refractivity contribution in [2.75, 3.05) is 12.8 Å². The maximum atomic E-state index is 11.6. The van der Waals surface area contributed by atoms with Crippen molar-refractivity contribution >= 4 is 22.4 Å². The summed E-state index contributed by atoms with van der Waals surface area (Å²) in [5.41, 5.74) is 8.45. The molecule has 0 aliphatic rings. The number of rotatable bonds is 2. The van der Waals surface area contributed by atoms with Crippen molar-refractivity contribution in [1.29, 1.82) is 0 Å². The topological polar surface area (TPSA) is 78.1 Å². The number of nitrogens with zero attached hydrogens (tertiary/aromatic N) is 2. The molecule has 0 radical (unpaired) electrons. The fourth-order valence-electron chi connectivity index (χ4n) is 2.27. The van der Waals surface area contributed by atoms with E-state index in [0.717, 1.165) is 16.3 Å². The molecule has 1 aromatic heterocycles. The van der Waals surface area contributed by atoms with Gasteiger partial charge in [-0.05, 0) is 29.0 Å². The van der Waals surface area contributed by atoms with Crippen LogP contribution in [-0.4, -0.2) is 23.3 Å². The zero-order valence-electron chi connectivity index (χ0n) is 11.4. The molecule has 3 rings (SSSR count). The van der Waals surface area contributed by atoms with Gasteiger partial charge in [-0.25, -0.2) is 4.79 Å². The van der Waals surface area contributed by atoms with E-state index in [1.165, 1.54) is 13.3 Å². The van der Waals surface area contributed by atoms with Crippen LogP contribution in [0.5, 0.6) is 0 Å². The van der Waals surface area contributed by atoms with Crippen molar-refractivity contribution in [3.8, 4) is 11.3 Å². The zero-order valence-corrected chi connectivity index (χ0v) is 11.4. The van der Waals surface area contributed by atoms with E-state index < -0.39 is 0 Å². The van der Waals surface area contributed by atoms with Gasteiger partial charge in [-0.15, -0.1) is 0 Å². The lowest BCUT2D eigenvalue weighted by atomic mass is 10.00. The third-order valence-electron chi connectivity index (χ3n) is 3.25. The van der Waals surface area contributed by atoms with Gasteiger partial charge in [0.15, 0.2) is 0 Å². The normalized spacial score (nSPS) is 10.5. The number of hydrogen-bond acceptors (Lipinski definition) is 5. The summed E-state index contributed by atoms with van der Waals surface area (Å²) in [5, 5.41) is 9.90. The van der Waals surface area contributed by atoms with E-state index in [1.807, 2.05) is 24.3 Å². The van der Waals surface area contributed by atoms with Crippen LogP contribution in [0.2, 0.25) is 0 Å². The van der Waals surface area contributed by atoms with Crippen LogP contribution in [0.15, 0.2) is 48.7 Å². The molecule has 5 nitrogen and oxygen atoms in total. The molecule has 0 saturated carbocycles. The number of fused-ring (bicyclic) bond motifs is 1. The summed E-state index contributed by atoms with van der Waals surface area (Å²) >= 11 is 0. The van der Waals surface area contributed by atoms with Crippen molar-refractivity contribution in [1.82, 2.24) is 10.2 Å². The van der Waals surface area contributed by atoms with Crippen molar-refractivity contribution in [3.63, 3.8) is 0 Å². The molecule has 0 bridgehead atoms. The molecule has 0 unspecified atom stereocenters. The zero-order chi connectivity index (χ0) is 14.8. The average Bonchev–Trinajstić information content (AvgIpc) is 2.53. The molecule has 5 heteroatoms. The number of benzene rings is 2. The first kappa shape index (κ1) is 13.1. The van der Waals surface area contributed by atoms with Crippen LogP contribution in [0.4, 0.5) is 5.69 Å². The van der Waals surface area contributed by atoms with E-state index in [-0.39, 0.29) is 5.97 Å². The Bertz CT molecular complexity index is 831. The number of methoxy groups -OCH3 is 1. The summed E-state index contributed by atoms with van der Waals surface area (Å²) in [6.07, 6.45) is 1.50. The van der Waals surface area contributed by atoms with E-state index in [0.29, 0.717) is 16.9 Å². The minimum Gasteiger partial charge on any atom is -0.465 e. The van der Waals surface area contributed by atoms with Gasteiger partial charge in [0.05, 0.1) is 30.3 Å². The monoisotopic (exact) mass is 279 g/mol. The molecular weight excluding hydrogens is 266 g/mol. The second-order valence-electron chi connectivity index (χ2n) is 4.61. The molecule has 0 aliphatic carbocycles. The molecule has 0 fully saturated rings. The molecule has 0 spiro atoms. The number of nitrogen functional groups attached to an aromatic ring is 1. The first-order chi connectivity index (χ1) is 10.2. The Hall–Kier alpha value is -2.95. The fraction of sp³-hybridized carbons (Fsp3) is 0.0625. The van der Waals surface area contributed by atoms with Crippen molar-refractivity contribution in [2.24, 2.45) is 0 Å². The number of carbonyl (C=O) groups excluding carboxylic acids is 1. The van der Waals surface area contributed by atoms with E-state index in [2.05, 4.69) is 10.2 Å². The largest absolute Gasteiger partial charge is 0.465 e.